The van der Waals surface area contributed by atoms with Crippen LogP contribution in [0.1, 0.15) is 10.5 Å². The van der Waals surface area contributed by atoms with E-state index in [-0.39, 0.29) is 21.6 Å². The van der Waals surface area contributed by atoms with Gasteiger partial charge in [-0.05, 0) is 6.07 Å². The number of carbonyl (C=O) groups is 1. The van der Waals surface area contributed by atoms with Crippen molar-refractivity contribution in [3.63, 3.8) is 0 Å². The van der Waals surface area contributed by atoms with Crippen LogP contribution in [0.25, 0.3) is 0 Å². The molecule has 1 aromatic heterocycles. The molecule has 0 fully saturated rings. The van der Waals surface area contributed by atoms with E-state index in [0.29, 0.717) is 0 Å². The number of rotatable bonds is 2. The van der Waals surface area contributed by atoms with Crippen molar-refractivity contribution in [1.82, 2.24) is 4.98 Å². The minimum Gasteiger partial charge on any atom is -0.492 e. The molecule has 1 aromatic rings. The van der Waals surface area contributed by atoms with Crippen LogP contribution >= 0.6 is 23.2 Å². The lowest BCUT2D eigenvalue weighted by molar-refractivity contribution is 0.0690. The van der Waals surface area contributed by atoms with Gasteiger partial charge in [0, 0.05) is 0 Å². The van der Waals surface area contributed by atoms with E-state index in [1.54, 1.807) is 0 Å². The highest BCUT2D eigenvalue weighted by molar-refractivity contribution is 6.36. The number of methoxy groups -OCH3 is 1. The van der Waals surface area contributed by atoms with Crippen molar-refractivity contribution in [2.75, 3.05) is 7.11 Å². The zero-order chi connectivity index (χ0) is 10.0. The fourth-order valence-electron chi connectivity index (χ4n) is 0.764. The fraction of sp³-hybridized carbons (Fsp3) is 0.143. The first kappa shape index (κ1) is 10.1. The molecule has 13 heavy (non-hydrogen) atoms. The number of halogens is 2. The SMILES string of the molecule is COc1c(Cl)cc(C(=O)O)nc1Cl. The third kappa shape index (κ3) is 2.02. The summed E-state index contributed by atoms with van der Waals surface area (Å²) in [4.78, 5) is 14.0. The second-order valence-corrected chi connectivity index (χ2v) is 2.88. The second kappa shape index (κ2) is 3.81. The van der Waals surface area contributed by atoms with Gasteiger partial charge >= 0.3 is 5.97 Å². The number of hydrogen-bond donors (Lipinski definition) is 1. The number of aromatic nitrogens is 1. The van der Waals surface area contributed by atoms with Crippen LogP contribution in [-0.4, -0.2) is 23.2 Å². The number of carboxylic acid groups (broad SMARTS) is 1. The summed E-state index contributed by atoms with van der Waals surface area (Å²) in [7, 11) is 1.37. The Morgan fingerprint density at radius 3 is 2.62 bits per heavy atom. The molecular weight excluding hydrogens is 217 g/mol. The van der Waals surface area contributed by atoms with Crippen LogP contribution in [0.5, 0.6) is 5.75 Å². The van der Waals surface area contributed by atoms with Crippen LogP contribution < -0.4 is 4.74 Å². The summed E-state index contributed by atoms with van der Waals surface area (Å²) in [6.45, 7) is 0. The van der Waals surface area contributed by atoms with Gasteiger partial charge in [-0.25, -0.2) is 9.78 Å². The van der Waals surface area contributed by atoms with Gasteiger partial charge in [-0.15, -0.1) is 0 Å². The lowest BCUT2D eigenvalue weighted by atomic mass is 10.3. The molecule has 1 N–H and O–H groups in total. The van der Waals surface area contributed by atoms with Gasteiger partial charge in [0.2, 0.25) is 0 Å². The van der Waals surface area contributed by atoms with Crippen LogP contribution in [0.15, 0.2) is 6.07 Å². The van der Waals surface area contributed by atoms with Gasteiger partial charge in [0.25, 0.3) is 0 Å². The average Bonchev–Trinajstić information content (AvgIpc) is 2.03. The third-order valence-corrected chi connectivity index (χ3v) is 1.85. The van der Waals surface area contributed by atoms with Gasteiger partial charge in [-0.1, -0.05) is 23.2 Å². The van der Waals surface area contributed by atoms with Gasteiger partial charge < -0.3 is 9.84 Å². The van der Waals surface area contributed by atoms with Gasteiger partial charge in [-0.2, -0.15) is 0 Å². The zero-order valence-electron chi connectivity index (χ0n) is 6.54. The maximum absolute atomic E-state index is 10.5. The van der Waals surface area contributed by atoms with Gasteiger partial charge in [0.1, 0.15) is 0 Å². The second-order valence-electron chi connectivity index (χ2n) is 2.12. The summed E-state index contributed by atoms with van der Waals surface area (Å²) in [6, 6.07) is 1.18. The summed E-state index contributed by atoms with van der Waals surface area (Å²) in [5.41, 5.74) is -0.212. The van der Waals surface area contributed by atoms with E-state index in [9.17, 15) is 4.79 Å². The molecule has 70 valence electrons. The van der Waals surface area contributed by atoms with Gasteiger partial charge in [-0.3, -0.25) is 0 Å². The molecule has 0 radical (unpaired) electrons. The third-order valence-electron chi connectivity index (χ3n) is 1.31. The van der Waals surface area contributed by atoms with Crippen molar-refractivity contribution < 1.29 is 14.6 Å². The summed E-state index contributed by atoms with van der Waals surface area (Å²) in [6.07, 6.45) is 0. The van der Waals surface area contributed by atoms with Crippen molar-refractivity contribution in [2.24, 2.45) is 0 Å². The van der Waals surface area contributed by atoms with Crippen molar-refractivity contribution >= 4 is 29.2 Å². The Labute approximate surface area is 84.1 Å². The molecule has 0 saturated heterocycles. The van der Waals surface area contributed by atoms with E-state index < -0.39 is 5.97 Å². The zero-order valence-corrected chi connectivity index (χ0v) is 8.06. The van der Waals surface area contributed by atoms with Crippen molar-refractivity contribution in [3.8, 4) is 5.75 Å². The Kier molecular flexibility index (Phi) is 2.95. The Morgan fingerprint density at radius 2 is 2.23 bits per heavy atom. The summed E-state index contributed by atoms with van der Waals surface area (Å²) in [5.74, 6) is -1.01. The molecule has 0 saturated carbocycles. The molecule has 0 aliphatic rings. The molecule has 0 amide bonds. The van der Waals surface area contributed by atoms with E-state index in [1.807, 2.05) is 0 Å². The fourth-order valence-corrected chi connectivity index (χ4v) is 1.35. The Balaban J connectivity index is 3.28. The molecule has 0 aliphatic heterocycles. The summed E-state index contributed by atoms with van der Waals surface area (Å²) < 4.78 is 4.79. The molecule has 0 unspecified atom stereocenters. The van der Waals surface area contributed by atoms with Crippen molar-refractivity contribution in [1.29, 1.82) is 0 Å². The van der Waals surface area contributed by atoms with Gasteiger partial charge in [0.15, 0.2) is 16.6 Å². The molecular formula is C7H5Cl2NO3. The van der Waals surface area contributed by atoms with E-state index in [4.69, 9.17) is 33.0 Å². The Hall–Kier alpha value is -1.00. The standard InChI is InChI=1S/C7H5Cl2NO3/c1-13-5-3(8)2-4(7(11)12)10-6(5)9/h2H,1H3,(H,11,12). The maximum atomic E-state index is 10.5. The predicted octanol–water partition coefficient (Wildman–Crippen LogP) is 2.10. The Morgan fingerprint density at radius 1 is 1.62 bits per heavy atom. The first-order valence-corrected chi connectivity index (χ1v) is 3.95. The largest absolute Gasteiger partial charge is 0.492 e. The number of nitrogens with zero attached hydrogens (tertiary/aromatic N) is 1. The highest BCUT2D eigenvalue weighted by Gasteiger charge is 2.13. The topological polar surface area (TPSA) is 59.4 Å². The minimum atomic E-state index is -1.19. The highest BCUT2D eigenvalue weighted by Crippen LogP contribution is 2.31. The lowest BCUT2D eigenvalue weighted by Crippen LogP contribution is -2.01. The minimum absolute atomic E-state index is 0.0626. The number of ether oxygens (including phenoxy) is 1. The molecule has 0 aromatic carbocycles. The highest BCUT2D eigenvalue weighted by atomic mass is 35.5. The van der Waals surface area contributed by atoms with Crippen molar-refractivity contribution in [2.45, 2.75) is 0 Å². The maximum Gasteiger partial charge on any atom is 0.354 e. The Bertz CT molecular complexity index is 331. The first-order chi connectivity index (χ1) is 6.06. The van der Waals surface area contributed by atoms with Crippen LogP contribution in [0.3, 0.4) is 0 Å². The normalized spacial score (nSPS) is 9.77. The molecule has 6 heteroatoms. The molecule has 1 rings (SSSR count). The molecule has 4 nitrogen and oxygen atoms in total. The molecule has 0 spiro atoms. The van der Waals surface area contributed by atoms with E-state index in [0.717, 1.165) is 0 Å². The summed E-state index contributed by atoms with van der Waals surface area (Å²) in [5, 5.41) is 8.64. The number of aromatic carboxylic acids is 1. The van der Waals surface area contributed by atoms with Crippen molar-refractivity contribution in [3.05, 3.63) is 21.9 Å². The van der Waals surface area contributed by atoms with Crippen LogP contribution in [0.4, 0.5) is 0 Å². The quantitative estimate of drug-likeness (QED) is 0.778. The smallest absolute Gasteiger partial charge is 0.354 e. The van der Waals surface area contributed by atoms with E-state index in [1.165, 1.54) is 13.2 Å². The lowest BCUT2D eigenvalue weighted by Gasteiger charge is -2.04. The first-order valence-electron chi connectivity index (χ1n) is 3.19. The molecule has 0 atom stereocenters. The van der Waals surface area contributed by atoms with Crippen LogP contribution in [0, 0.1) is 0 Å². The molecule has 0 aliphatic carbocycles. The predicted molar refractivity (Wildman–Crippen MR) is 47.8 cm³/mol. The van der Waals surface area contributed by atoms with Gasteiger partial charge in [0.05, 0.1) is 12.1 Å². The average molecular weight is 222 g/mol. The number of carboxylic acids is 1. The van der Waals surface area contributed by atoms with E-state index in [2.05, 4.69) is 4.98 Å². The van der Waals surface area contributed by atoms with Crippen LogP contribution in [-0.2, 0) is 0 Å². The molecule has 1 heterocycles. The number of hydrogen-bond acceptors (Lipinski definition) is 3. The van der Waals surface area contributed by atoms with E-state index >= 15 is 0 Å². The molecule has 0 bridgehead atoms. The summed E-state index contributed by atoms with van der Waals surface area (Å²) >= 11 is 11.3. The number of pyridine rings is 1. The van der Waals surface area contributed by atoms with Crippen LogP contribution in [0.2, 0.25) is 10.2 Å². The monoisotopic (exact) mass is 221 g/mol.